The Kier molecular flexibility index (Phi) is 7.03. The molecule has 0 aliphatic carbocycles. The van der Waals surface area contributed by atoms with E-state index in [-0.39, 0.29) is 11.5 Å². The van der Waals surface area contributed by atoms with Crippen LogP contribution < -0.4 is 10.7 Å². The van der Waals surface area contributed by atoms with Crippen LogP contribution in [0.5, 0.6) is 0 Å². The fourth-order valence-corrected chi connectivity index (χ4v) is 2.45. The van der Waals surface area contributed by atoms with E-state index >= 15 is 0 Å². The highest BCUT2D eigenvalue weighted by atomic mass is 79.9. The number of hydrazone groups is 1. The van der Waals surface area contributed by atoms with Crippen molar-refractivity contribution in [3.8, 4) is 0 Å². The average molecular weight is 420 g/mol. The predicted octanol–water partition coefficient (Wildman–Crippen LogP) is 3.49. The fourth-order valence-electron chi connectivity index (χ4n) is 2.19. The lowest BCUT2D eigenvalue weighted by Gasteiger charge is -2.20. The molecular formula is C19H19BrFN3O2. The quantitative estimate of drug-likeness (QED) is 0.555. The summed E-state index contributed by atoms with van der Waals surface area (Å²) in [4.78, 5) is 24.6. The normalized spacial score (nSPS) is 12.2. The lowest BCUT2D eigenvalue weighted by atomic mass is 10.0. The highest BCUT2D eigenvalue weighted by Crippen LogP contribution is 2.10. The molecule has 7 heteroatoms. The molecule has 2 aromatic rings. The van der Waals surface area contributed by atoms with Gasteiger partial charge in [-0.2, -0.15) is 5.10 Å². The second-order valence-electron chi connectivity index (χ2n) is 5.96. The summed E-state index contributed by atoms with van der Waals surface area (Å²) in [5.74, 6) is -1.96. The zero-order chi connectivity index (χ0) is 19.1. The van der Waals surface area contributed by atoms with Crippen molar-refractivity contribution >= 4 is 34.0 Å². The van der Waals surface area contributed by atoms with Crippen molar-refractivity contribution in [2.24, 2.45) is 11.0 Å². The molecule has 2 N–H and O–H groups in total. The third-order valence-electron chi connectivity index (χ3n) is 3.61. The van der Waals surface area contributed by atoms with Crippen molar-refractivity contribution in [3.63, 3.8) is 0 Å². The molecule has 1 unspecified atom stereocenters. The van der Waals surface area contributed by atoms with E-state index in [1.807, 2.05) is 24.3 Å². The summed E-state index contributed by atoms with van der Waals surface area (Å²) < 4.78 is 14.7. The highest BCUT2D eigenvalue weighted by Gasteiger charge is 2.25. The van der Waals surface area contributed by atoms with Crippen LogP contribution in [0.1, 0.15) is 29.8 Å². The largest absolute Gasteiger partial charge is 0.340 e. The standard InChI is InChI=1S/C19H19BrFN3O2/c1-12(2)17(23-18(25)15-5-3-4-6-16(15)21)19(26)24-22-11-13-7-9-14(20)10-8-13/h3-12,17H,1-2H3,(H,23,25)(H,24,26)/b22-11+. The van der Waals surface area contributed by atoms with Gasteiger partial charge in [-0.15, -0.1) is 0 Å². The van der Waals surface area contributed by atoms with E-state index in [0.29, 0.717) is 0 Å². The van der Waals surface area contributed by atoms with Gasteiger partial charge in [0.2, 0.25) is 0 Å². The minimum Gasteiger partial charge on any atom is -0.340 e. The minimum absolute atomic E-state index is 0.107. The number of nitrogens with one attached hydrogen (secondary N) is 2. The molecule has 0 fully saturated rings. The molecule has 0 bridgehead atoms. The summed E-state index contributed by atoms with van der Waals surface area (Å²) in [6.07, 6.45) is 1.50. The van der Waals surface area contributed by atoms with E-state index in [0.717, 1.165) is 10.0 Å². The lowest BCUT2D eigenvalue weighted by molar-refractivity contribution is -0.123. The Morgan fingerprint density at radius 3 is 2.38 bits per heavy atom. The Balaban J connectivity index is 2.02. The maximum Gasteiger partial charge on any atom is 0.262 e. The zero-order valence-electron chi connectivity index (χ0n) is 14.4. The van der Waals surface area contributed by atoms with E-state index in [1.165, 1.54) is 24.4 Å². The van der Waals surface area contributed by atoms with E-state index in [4.69, 9.17) is 0 Å². The Morgan fingerprint density at radius 2 is 1.77 bits per heavy atom. The van der Waals surface area contributed by atoms with Crippen LogP contribution in [0.4, 0.5) is 4.39 Å². The molecule has 2 amide bonds. The third kappa shape index (κ3) is 5.49. The summed E-state index contributed by atoms with van der Waals surface area (Å²) in [5, 5.41) is 6.47. The third-order valence-corrected chi connectivity index (χ3v) is 4.14. The molecule has 0 spiro atoms. The molecule has 0 aliphatic heterocycles. The summed E-state index contributed by atoms with van der Waals surface area (Å²) >= 11 is 3.34. The monoisotopic (exact) mass is 419 g/mol. The Morgan fingerprint density at radius 1 is 1.12 bits per heavy atom. The van der Waals surface area contributed by atoms with E-state index in [9.17, 15) is 14.0 Å². The summed E-state index contributed by atoms with van der Waals surface area (Å²) in [7, 11) is 0. The molecular weight excluding hydrogens is 401 g/mol. The van der Waals surface area contributed by atoms with Gasteiger partial charge in [0, 0.05) is 4.47 Å². The number of carbonyl (C=O) groups is 2. The van der Waals surface area contributed by atoms with Gasteiger partial charge >= 0.3 is 0 Å². The molecule has 136 valence electrons. The van der Waals surface area contributed by atoms with Gasteiger partial charge in [-0.3, -0.25) is 9.59 Å². The number of hydrogen-bond donors (Lipinski definition) is 2. The molecule has 0 radical (unpaired) electrons. The molecule has 26 heavy (non-hydrogen) atoms. The van der Waals surface area contributed by atoms with Crippen molar-refractivity contribution in [3.05, 3.63) is 69.9 Å². The van der Waals surface area contributed by atoms with Gasteiger partial charge in [0.1, 0.15) is 11.9 Å². The van der Waals surface area contributed by atoms with Crippen LogP contribution in [0.2, 0.25) is 0 Å². The van der Waals surface area contributed by atoms with Crippen LogP contribution in [0.25, 0.3) is 0 Å². The molecule has 2 aromatic carbocycles. The maximum atomic E-state index is 13.7. The summed E-state index contributed by atoms with van der Waals surface area (Å²) in [5.41, 5.74) is 3.11. The second-order valence-corrected chi connectivity index (χ2v) is 6.88. The Labute approximate surface area is 159 Å². The van der Waals surface area contributed by atoms with Gasteiger partial charge in [0.25, 0.3) is 11.8 Å². The maximum absolute atomic E-state index is 13.7. The Hall–Kier alpha value is -2.54. The van der Waals surface area contributed by atoms with Gasteiger partial charge in [0.05, 0.1) is 11.8 Å². The molecule has 5 nitrogen and oxygen atoms in total. The van der Waals surface area contributed by atoms with Gasteiger partial charge in [-0.05, 0) is 35.7 Å². The topological polar surface area (TPSA) is 70.6 Å². The van der Waals surface area contributed by atoms with E-state index < -0.39 is 23.7 Å². The average Bonchev–Trinajstić information content (AvgIpc) is 2.61. The number of halogens is 2. The molecule has 0 heterocycles. The first-order chi connectivity index (χ1) is 12.4. The van der Waals surface area contributed by atoms with Crippen molar-refractivity contribution < 1.29 is 14.0 Å². The molecule has 0 saturated carbocycles. The minimum atomic E-state index is -0.843. The van der Waals surface area contributed by atoms with Crippen molar-refractivity contribution in [1.82, 2.24) is 10.7 Å². The van der Waals surface area contributed by atoms with Crippen LogP contribution in [-0.4, -0.2) is 24.1 Å². The summed E-state index contributed by atoms with van der Waals surface area (Å²) in [6, 6.07) is 12.2. The van der Waals surface area contributed by atoms with E-state index in [2.05, 4.69) is 31.8 Å². The number of amides is 2. The van der Waals surface area contributed by atoms with Gasteiger partial charge < -0.3 is 5.32 Å². The SMILES string of the molecule is CC(C)C(NC(=O)c1ccccc1F)C(=O)N/N=C/c1ccc(Br)cc1. The van der Waals surface area contributed by atoms with Crippen LogP contribution in [-0.2, 0) is 4.79 Å². The first-order valence-electron chi connectivity index (χ1n) is 8.02. The van der Waals surface area contributed by atoms with Crippen molar-refractivity contribution in [1.29, 1.82) is 0 Å². The molecule has 1 atom stereocenters. The molecule has 0 saturated heterocycles. The van der Waals surface area contributed by atoms with Crippen LogP contribution in [0.15, 0.2) is 58.1 Å². The first-order valence-corrected chi connectivity index (χ1v) is 8.81. The number of carbonyl (C=O) groups excluding carboxylic acids is 2. The number of nitrogens with zero attached hydrogens (tertiary/aromatic N) is 1. The van der Waals surface area contributed by atoms with Gasteiger partial charge in [-0.25, -0.2) is 9.82 Å². The van der Waals surface area contributed by atoms with Crippen molar-refractivity contribution in [2.45, 2.75) is 19.9 Å². The van der Waals surface area contributed by atoms with Gasteiger partial charge in [0.15, 0.2) is 0 Å². The van der Waals surface area contributed by atoms with Crippen LogP contribution in [0.3, 0.4) is 0 Å². The van der Waals surface area contributed by atoms with E-state index in [1.54, 1.807) is 19.9 Å². The molecule has 0 aromatic heterocycles. The molecule has 0 aliphatic rings. The van der Waals surface area contributed by atoms with Gasteiger partial charge in [-0.1, -0.05) is 54.0 Å². The zero-order valence-corrected chi connectivity index (χ0v) is 16.0. The number of rotatable bonds is 6. The highest BCUT2D eigenvalue weighted by molar-refractivity contribution is 9.10. The number of hydrogen-bond acceptors (Lipinski definition) is 3. The first kappa shape index (κ1) is 19.8. The number of benzene rings is 2. The van der Waals surface area contributed by atoms with Crippen LogP contribution >= 0.6 is 15.9 Å². The smallest absolute Gasteiger partial charge is 0.262 e. The predicted molar refractivity (Wildman–Crippen MR) is 102 cm³/mol. The molecule has 2 rings (SSSR count). The second kappa shape index (κ2) is 9.24. The Bertz CT molecular complexity index is 807. The summed E-state index contributed by atoms with van der Waals surface area (Å²) in [6.45, 7) is 3.56. The van der Waals surface area contributed by atoms with Crippen molar-refractivity contribution in [2.75, 3.05) is 0 Å². The van der Waals surface area contributed by atoms with Crippen LogP contribution in [0, 0.1) is 11.7 Å². The lowest BCUT2D eigenvalue weighted by Crippen LogP contribution is -2.48. The fraction of sp³-hybridized carbons (Fsp3) is 0.211.